The lowest BCUT2D eigenvalue weighted by molar-refractivity contribution is 0.00366. The molecule has 9 nitrogen and oxygen atoms in total. The van der Waals surface area contributed by atoms with Gasteiger partial charge in [-0.2, -0.15) is 0 Å². The first kappa shape index (κ1) is 28.6. The number of aliphatic hydroxyl groups is 2. The average molecular weight is 580 g/mol. The fourth-order valence-corrected chi connectivity index (χ4v) is 6.29. The predicted molar refractivity (Wildman–Crippen MR) is 162 cm³/mol. The smallest absolute Gasteiger partial charge is 0.188 e. The Bertz CT molecular complexity index is 1200. The van der Waals surface area contributed by atoms with E-state index in [0.29, 0.717) is 12.8 Å². The Morgan fingerprint density at radius 1 is 0.700 bits per heavy atom. The molecular weight excluding hydrogens is 543 g/mol. The number of thiazole rings is 2. The van der Waals surface area contributed by atoms with E-state index in [1.165, 1.54) is 17.8 Å². The third-order valence-corrected chi connectivity index (χ3v) is 8.66. The lowest BCUT2D eigenvalue weighted by Gasteiger charge is -2.32. The first-order chi connectivity index (χ1) is 19.5. The predicted octanol–water partition coefficient (Wildman–Crippen LogP) is 5.46. The van der Waals surface area contributed by atoms with Gasteiger partial charge >= 0.3 is 0 Å². The zero-order valence-electron chi connectivity index (χ0n) is 22.6. The molecule has 5 N–H and O–H groups in total. The molecule has 11 heteroatoms. The first-order valence-corrected chi connectivity index (χ1v) is 15.6. The van der Waals surface area contributed by atoms with Crippen molar-refractivity contribution in [3.63, 3.8) is 0 Å². The van der Waals surface area contributed by atoms with Crippen LogP contribution in [0.5, 0.6) is 0 Å². The van der Waals surface area contributed by atoms with E-state index < -0.39 is 11.2 Å². The monoisotopic (exact) mass is 579 g/mol. The maximum absolute atomic E-state index is 10.6. The number of nitrogens with zero attached hydrogens (tertiary/aromatic N) is 4. The molecule has 0 spiro atoms. The average Bonchev–Trinajstić information content (AvgIpc) is 3.65. The van der Waals surface area contributed by atoms with Crippen LogP contribution in [0.15, 0.2) is 59.6 Å². The summed E-state index contributed by atoms with van der Waals surface area (Å²) in [6, 6.07) is 11.7. The number of hydrogen-bond acceptors (Lipinski definition) is 11. The third-order valence-electron chi connectivity index (χ3n) is 7.29. The number of hydrogen-bond donors (Lipinski definition) is 5. The summed E-state index contributed by atoms with van der Waals surface area (Å²) >= 11 is 3.09. The Labute approximate surface area is 243 Å². The molecule has 0 unspecified atom stereocenters. The van der Waals surface area contributed by atoms with Crippen molar-refractivity contribution in [1.82, 2.24) is 25.3 Å². The Balaban J connectivity index is 0.000000161. The van der Waals surface area contributed by atoms with Crippen LogP contribution in [0.1, 0.15) is 56.3 Å². The number of anilines is 4. The van der Waals surface area contributed by atoms with E-state index in [9.17, 15) is 10.2 Å². The van der Waals surface area contributed by atoms with E-state index in [4.69, 9.17) is 0 Å². The zero-order chi connectivity index (χ0) is 27.7. The molecular formula is C29H37N7O2S2. The normalized spacial score (nSPS) is 17.9. The number of nitrogens with one attached hydrogen (secondary N) is 3. The molecule has 0 radical (unpaired) electrons. The minimum Gasteiger partial charge on any atom is -0.389 e. The summed E-state index contributed by atoms with van der Waals surface area (Å²) in [5.41, 5.74) is 0.662. The molecule has 5 heterocycles. The van der Waals surface area contributed by atoms with Crippen molar-refractivity contribution in [2.75, 3.05) is 23.7 Å². The molecule has 40 heavy (non-hydrogen) atoms. The fraction of sp³-hybridized carbons (Fsp3) is 0.448. The molecule has 212 valence electrons. The summed E-state index contributed by atoms with van der Waals surface area (Å²) in [6.45, 7) is 1.74. The van der Waals surface area contributed by atoms with Gasteiger partial charge in [0, 0.05) is 47.4 Å². The van der Waals surface area contributed by atoms with Crippen LogP contribution in [0.2, 0.25) is 0 Å². The van der Waals surface area contributed by atoms with Gasteiger partial charge in [-0.25, -0.2) is 19.9 Å². The quantitative estimate of drug-likeness (QED) is 0.185. The summed E-state index contributed by atoms with van der Waals surface area (Å²) in [5.74, 6) is 1.56. The highest BCUT2D eigenvalue weighted by Crippen LogP contribution is 2.31. The minimum atomic E-state index is -0.627. The summed E-state index contributed by atoms with van der Waals surface area (Å²) in [4.78, 5) is 17.5. The van der Waals surface area contributed by atoms with Crippen LogP contribution in [-0.4, -0.2) is 54.4 Å². The molecule has 1 saturated heterocycles. The first-order valence-electron chi connectivity index (χ1n) is 13.9. The highest BCUT2D eigenvalue weighted by molar-refractivity contribution is 7.13. The molecule has 4 aromatic heterocycles. The Hall–Kier alpha value is -2.96. The summed E-state index contributed by atoms with van der Waals surface area (Å²) in [5, 5.41) is 36.3. The molecule has 0 aromatic carbocycles. The fourth-order valence-electron chi connectivity index (χ4n) is 5.21. The summed E-state index contributed by atoms with van der Waals surface area (Å²) < 4.78 is 0. The molecule has 1 aliphatic heterocycles. The third kappa shape index (κ3) is 8.52. The maximum atomic E-state index is 10.6. The Morgan fingerprint density at radius 3 is 1.68 bits per heavy atom. The lowest BCUT2D eigenvalue weighted by Crippen LogP contribution is -2.43. The topological polar surface area (TPSA) is 128 Å². The van der Waals surface area contributed by atoms with Crippen LogP contribution in [-0.2, 0) is 12.8 Å². The second-order valence-electron chi connectivity index (χ2n) is 10.6. The largest absolute Gasteiger partial charge is 0.389 e. The lowest BCUT2D eigenvalue weighted by atomic mass is 9.81. The van der Waals surface area contributed by atoms with Crippen molar-refractivity contribution in [1.29, 1.82) is 0 Å². The molecule has 0 atom stereocenters. The Kier molecular flexibility index (Phi) is 9.71. The van der Waals surface area contributed by atoms with Crippen LogP contribution in [0.3, 0.4) is 0 Å². The van der Waals surface area contributed by atoms with E-state index in [0.717, 1.165) is 84.9 Å². The van der Waals surface area contributed by atoms with Gasteiger partial charge in [-0.1, -0.05) is 31.4 Å². The molecule has 4 aromatic rings. The molecule has 0 bridgehead atoms. The maximum Gasteiger partial charge on any atom is 0.188 e. The van der Waals surface area contributed by atoms with Crippen LogP contribution in [0.4, 0.5) is 21.9 Å². The van der Waals surface area contributed by atoms with Crippen molar-refractivity contribution in [3.8, 4) is 0 Å². The molecule has 2 fully saturated rings. The van der Waals surface area contributed by atoms with Crippen LogP contribution in [0, 0.1) is 0 Å². The highest BCUT2D eigenvalue weighted by Gasteiger charge is 2.30. The van der Waals surface area contributed by atoms with Gasteiger partial charge in [0.1, 0.15) is 11.6 Å². The van der Waals surface area contributed by atoms with E-state index in [-0.39, 0.29) is 0 Å². The van der Waals surface area contributed by atoms with E-state index in [1.807, 2.05) is 47.2 Å². The van der Waals surface area contributed by atoms with E-state index in [2.05, 4.69) is 35.9 Å². The second-order valence-corrected chi connectivity index (χ2v) is 12.4. The number of pyridine rings is 2. The zero-order valence-corrected chi connectivity index (χ0v) is 24.2. The second kappa shape index (κ2) is 13.6. The van der Waals surface area contributed by atoms with Crippen LogP contribution < -0.4 is 16.0 Å². The number of rotatable bonds is 8. The van der Waals surface area contributed by atoms with Gasteiger partial charge in [0.2, 0.25) is 0 Å². The van der Waals surface area contributed by atoms with Gasteiger partial charge in [0.15, 0.2) is 10.3 Å². The van der Waals surface area contributed by atoms with Gasteiger partial charge < -0.3 is 26.2 Å². The van der Waals surface area contributed by atoms with Crippen molar-refractivity contribution < 1.29 is 10.2 Å². The van der Waals surface area contributed by atoms with Gasteiger partial charge in [-0.05, 0) is 63.0 Å². The van der Waals surface area contributed by atoms with Crippen molar-refractivity contribution in [2.24, 2.45) is 0 Å². The van der Waals surface area contributed by atoms with E-state index >= 15 is 0 Å². The number of piperidine rings is 1. The molecule has 0 amide bonds. The number of aromatic nitrogens is 4. The van der Waals surface area contributed by atoms with Gasteiger partial charge in [0.25, 0.3) is 0 Å². The van der Waals surface area contributed by atoms with E-state index in [1.54, 1.807) is 23.7 Å². The SMILES string of the molecule is OC1(Cc2cccc(Nc3nccs3)n2)CCCCC1.OC1(Cc2cccc(Nc3nccs3)n2)CCNCC1. The summed E-state index contributed by atoms with van der Waals surface area (Å²) in [6.07, 6.45) is 11.6. The van der Waals surface area contributed by atoms with Crippen molar-refractivity contribution in [3.05, 3.63) is 70.9 Å². The van der Waals surface area contributed by atoms with Gasteiger partial charge in [-0.3, -0.25) is 0 Å². The molecule has 6 rings (SSSR count). The van der Waals surface area contributed by atoms with Gasteiger partial charge in [0.05, 0.1) is 11.2 Å². The molecule has 1 aliphatic carbocycles. The van der Waals surface area contributed by atoms with Gasteiger partial charge in [-0.15, -0.1) is 22.7 Å². The summed E-state index contributed by atoms with van der Waals surface area (Å²) in [7, 11) is 0. The Morgan fingerprint density at radius 2 is 1.20 bits per heavy atom. The van der Waals surface area contributed by atoms with Crippen molar-refractivity contribution in [2.45, 2.75) is 69.0 Å². The molecule has 1 saturated carbocycles. The van der Waals surface area contributed by atoms with Crippen molar-refractivity contribution >= 4 is 44.6 Å². The highest BCUT2D eigenvalue weighted by atomic mass is 32.1. The molecule has 2 aliphatic rings. The van der Waals surface area contributed by atoms with Crippen LogP contribution in [0.25, 0.3) is 0 Å². The van der Waals surface area contributed by atoms with Crippen LogP contribution >= 0.6 is 22.7 Å². The standard InChI is InChI=1S/C15H19N3OS.C14H18N4OS/c19-15(7-2-1-3-8-15)11-12-5-4-6-13(17-12)18-14-16-9-10-20-14;19-14(4-6-15-7-5-14)10-11-2-1-3-12(17-11)18-13-16-8-9-20-13/h4-6,9-10,19H,1-3,7-8,11H2,(H,16,17,18);1-3,8-9,15,19H,4-7,10H2,(H,16,17,18). The minimum absolute atomic E-state index is 0.564.